The van der Waals surface area contributed by atoms with Crippen molar-refractivity contribution >= 4 is 6.09 Å². The molecule has 1 atom stereocenters. The van der Waals surface area contributed by atoms with Crippen LogP contribution in [0.25, 0.3) is 0 Å². The van der Waals surface area contributed by atoms with Crippen LogP contribution < -0.4 is 0 Å². The van der Waals surface area contributed by atoms with Gasteiger partial charge >= 0.3 is 6.09 Å². The Morgan fingerprint density at radius 1 is 1.28 bits per heavy atom. The number of amides is 1. The normalized spacial score (nSPS) is 19.9. The highest BCUT2D eigenvalue weighted by Crippen LogP contribution is 2.24. The van der Waals surface area contributed by atoms with Gasteiger partial charge in [0.05, 0.1) is 13.2 Å². The van der Waals surface area contributed by atoms with Crippen LogP contribution in [-0.4, -0.2) is 35.8 Å². The lowest BCUT2D eigenvalue weighted by atomic mass is 9.97. The standard InChI is InChI=1S/C21H31NO3/c1-17-15-18(12-13-22(17)20(23)25-21(2,3)4)11-8-14-24-16-19-9-6-5-7-10-19/h5-7,9-11,17H,8,12-16H2,1-4H3/b18-11+/t17-/m1/s1. The van der Waals surface area contributed by atoms with Gasteiger partial charge in [-0.05, 0) is 52.5 Å². The average molecular weight is 345 g/mol. The molecule has 25 heavy (non-hydrogen) atoms. The van der Waals surface area contributed by atoms with Crippen molar-refractivity contribution in [2.75, 3.05) is 13.2 Å². The maximum absolute atomic E-state index is 12.2. The van der Waals surface area contributed by atoms with E-state index in [-0.39, 0.29) is 12.1 Å². The van der Waals surface area contributed by atoms with Crippen LogP contribution >= 0.6 is 0 Å². The number of rotatable bonds is 5. The molecule has 1 aliphatic heterocycles. The monoisotopic (exact) mass is 345 g/mol. The first-order chi connectivity index (χ1) is 11.8. The van der Waals surface area contributed by atoms with E-state index >= 15 is 0 Å². The lowest BCUT2D eigenvalue weighted by molar-refractivity contribution is 0.0151. The van der Waals surface area contributed by atoms with Gasteiger partial charge in [0.15, 0.2) is 0 Å². The molecule has 1 fully saturated rings. The van der Waals surface area contributed by atoms with Gasteiger partial charge < -0.3 is 14.4 Å². The Balaban J connectivity index is 1.71. The third kappa shape index (κ3) is 6.91. The van der Waals surface area contributed by atoms with E-state index in [0.29, 0.717) is 6.61 Å². The van der Waals surface area contributed by atoms with Crippen molar-refractivity contribution in [1.29, 1.82) is 0 Å². The zero-order chi connectivity index (χ0) is 18.3. The second kappa shape index (κ2) is 9.04. The van der Waals surface area contributed by atoms with Gasteiger partial charge in [0, 0.05) is 12.6 Å². The summed E-state index contributed by atoms with van der Waals surface area (Å²) in [5.41, 5.74) is 2.17. The predicted octanol–water partition coefficient (Wildman–Crippen LogP) is 4.94. The average Bonchev–Trinajstić information content (AvgIpc) is 2.54. The molecule has 1 amide bonds. The predicted molar refractivity (Wildman–Crippen MR) is 100 cm³/mol. The second-order valence-corrected chi connectivity index (χ2v) is 7.67. The fraction of sp³-hybridized carbons (Fsp3) is 0.571. The number of nitrogens with zero attached hydrogens (tertiary/aromatic N) is 1. The molecule has 1 heterocycles. The van der Waals surface area contributed by atoms with Crippen LogP contribution in [0, 0.1) is 0 Å². The van der Waals surface area contributed by atoms with Crippen LogP contribution in [0.3, 0.4) is 0 Å². The van der Waals surface area contributed by atoms with Gasteiger partial charge in [-0.1, -0.05) is 42.0 Å². The molecule has 4 nitrogen and oxygen atoms in total. The summed E-state index contributed by atoms with van der Waals surface area (Å²) < 4.78 is 11.2. The summed E-state index contributed by atoms with van der Waals surface area (Å²) >= 11 is 0. The van der Waals surface area contributed by atoms with Gasteiger partial charge in [-0.2, -0.15) is 0 Å². The summed E-state index contributed by atoms with van der Waals surface area (Å²) in [5.74, 6) is 0. The summed E-state index contributed by atoms with van der Waals surface area (Å²) in [4.78, 5) is 14.1. The van der Waals surface area contributed by atoms with E-state index in [0.717, 1.165) is 32.4 Å². The highest BCUT2D eigenvalue weighted by atomic mass is 16.6. The number of piperidine rings is 1. The summed E-state index contributed by atoms with van der Waals surface area (Å²) in [6.45, 7) is 9.91. The van der Waals surface area contributed by atoms with E-state index in [1.54, 1.807) is 0 Å². The topological polar surface area (TPSA) is 38.8 Å². The van der Waals surface area contributed by atoms with Gasteiger partial charge in [-0.3, -0.25) is 0 Å². The molecule has 0 aliphatic carbocycles. The molecule has 1 saturated heterocycles. The lowest BCUT2D eigenvalue weighted by Crippen LogP contribution is -2.45. The summed E-state index contributed by atoms with van der Waals surface area (Å²) in [5, 5.41) is 0. The van der Waals surface area contributed by atoms with Gasteiger partial charge in [0.1, 0.15) is 5.60 Å². The summed E-state index contributed by atoms with van der Waals surface area (Å²) in [6.07, 6.45) is 4.82. The number of hydrogen-bond donors (Lipinski definition) is 0. The Labute approximate surface area is 151 Å². The zero-order valence-corrected chi connectivity index (χ0v) is 16.0. The maximum atomic E-state index is 12.2. The molecule has 0 spiro atoms. The Morgan fingerprint density at radius 3 is 2.64 bits per heavy atom. The Morgan fingerprint density at radius 2 is 2.00 bits per heavy atom. The lowest BCUT2D eigenvalue weighted by Gasteiger charge is -2.36. The van der Waals surface area contributed by atoms with Crippen molar-refractivity contribution in [2.45, 2.75) is 65.2 Å². The number of likely N-dealkylation sites (tertiary alicyclic amines) is 1. The molecule has 4 heteroatoms. The molecule has 0 bridgehead atoms. The molecule has 1 aliphatic rings. The minimum atomic E-state index is -0.441. The third-order valence-corrected chi connectivity index (χ3v) is 4.20. The number of ether oxygens (including phenoxy) is 2. The Hall–Kier alpha value is -1.81. The largest absolute Gasteiger partial charge is 0.444 e. The fourth-order valence-corrected chi connectivity index (χ4v) is 2.96. The molecule has 2 rings (SSSR count). The van der Waals surface area contributed by atoms with Crippen LogP contribution in [0.15, 0.2) is 42.0 Å². The minimum Gasteiger partial charge on any atom is -0.444 e. The van der Waals surface area contributed by atoms with Crippen LogP contribution in [0.2, 0.25) is 0 Å². The molecule has 1 aromatic rings. The third-order valence-electron chi connectivity index (χ3n) is 4.20. The number of carbonyl (C=O) groups excluding carboxylic acids is 1. The summed E-state index contributed by atoms with van der Waals surface area (Å²) in [6, 6.07) is 10.4. The van der Waals surface area contributed by atoms with Crippen molar-refractivity contribution in [3.05, 3.63) is 47.5 Å². The van der Waals surface area contributed by atoms with E-state index in [4.69, 9.17) is 9.47 Å². The van der Waals surface area contributed by atoms with Crippen molar-refractivity contribution < 1.29 is 14.3 Å². The summed E-state index contributed by atoms with van der Waals surface area (Å²) in [7, 11) is 0. The Kier molecular flexibility index (Phi) is 7.06. The quantitative estimate of drug-likeness (QED) is 0.560. The first kappa shape index (κ1) is 19.5. The van der Waals surface area contributed by atoms with Gasteiger partial charge in [0.25, 0.3) is 0 Å². The van der Waals surface area contributed by atoms with E-state index in [2.05, 4.69) is 25.1 Å². The van der Waals surface area contributed by atoms with Crippen molar-refractivity contribution in [3.63, 3.8) is 0 Å². The Bertz CT molecular complexity index is 575. The highest BCUT2D eigenvalue weighted by molar-refractivity contribution is 5.68. The van der Waals surface area contributed by atoms with Crippen molar-refractivity contribution in [3.8, 4) is 0 Å². The molecule has 0 saturated carbocycles. The minimum absolute atomic E-state index is 0.181. The molecule has 0 aromatic heterocycles. The van der Waals surface area contributed by atoms with Gasteiger partial charge in [-0.15, -0.1) is 0 Å². The number of carbonyl (C=O) groups is 1. The van der Waals surface area contributed by atoms with Crippen LogP contribution in [-0.2, 0) is 16.1 Å². The van der Waals surface area contributed by atoms with Gasteiger partial charge in [-0.25, -0.2) is 4.79 Å². The molecule has 138 valence electrons. The SMILES string of the molecule is C[C@@H]1C/C(=C/CCOCc2ccccc2)CCN1C(=O)OC(C)(C)C. The van der Waals surface area contributed by atoms with Crippen LogP contribution in [0.4, 0.5) is 4.79 Å². The maximum Gasteiger partial charge on any atom is 0.410 e. The van der Waals surface area contributed by atoms with Gasteiger partial charge in [0.2, 0.25) is 0 Å². The first-order valence-corrected chi connectivity index (χ1v) is 9.14. The molecular weight excluding hydrogens is 314 g/mol. The smallest absolute Gasteiger partial charge is 0.410 e. The van der Waals surface area contributed by atoms with Crippen molar-refractivity contribution in [2.24, 2.45) is 0 Å². The molecule has 0 radical (unpaired) electrons. The van der Waals surface area contributed by atoms with E-state index in [1.807, 2.05) is 43.9 Å². The highest BCUT2D eigenvalue weighted by Gasteiger charge is 2.29. The molecule has 0 N–H and O–H groups in total. The molecule has 0 unspecified atom stereocenters. The van der Waals surface area contributed by atoms with E-state index in [9.17, 15) is 4.79 Å². The van der Waals surface area contributed by atoms with E-state index in [1.165, 1.54) is 11.1 Å². The fourth-order valence-electron chi connectivity index (χ4n) is 2.96. The first-order valence-electron chi connectivity index (χ1n) is 9.14. The molecule has 1 aromatic carbocycles. The number of hydrogen-bond acceptors (Lipinski definition) is 3. The molecular formula is C21H31NO3. The van der Waals surface area contributed by atoms with E-state index < -0.39 is 5.60 Å². The second-order valence-electron chi connectivity index (χ2n) is 7.67. The van der Waals surface area contributed by atoms with Crippen LogP contribution in [0.5, 0.6) is 0 Å². The number of benzene rings is 1. The van der Waals surface area contributed by atoms with Crippen LogP contribution in [0.1, 0.15) is 52.5 Å². The zero-order valence-electron chi connectivity index (χ0n) is 16.0. The van der Waals surface area contributed by atoms with Crippen molar-refractivity contribution in [1.82, 2.24) is 4.90 Å².